The number of fused-ring (bicyclic) bond motifs is 1. The number of hydrogen-bond donors (Lipinski definition) is 3. The lowest BCUT2D eigenvalue weighted by molar-refractivity contribution is 0.632. The fourth-order valence-electron chi connectivity index (χ4n) is 3.91. The monoisotopic (exact) mass is 547 g/mol. The predicted octanol–water partition coefficient (Wildman–Crippen LogP) is 6.55. The van der Waals surface area contributed by atoms with E-state index in [9.17, 15) is 9.65 Å². The van der Waals surface area contributed by atoms with Gasteiger partial charge in [-0.25, -0.2) is 4.39 Å². The Bertz CT molecular complexity index is 1660. The van der Waals surface area contributed by atoms with Crippen LogP contribution < -0.4 is 10.6 Å². The first-order chi connectivity index (χ1) is 17.8. The van der Waals surface area contributed by atoms with Crippen molar-refractivity contribution >= 4 is 70.6 Å². The van der Waals surface area contributed by atoms with Crippen molar-refractivity contribution in [2.75, 3.05) is 10.6 Å². The number of hydrogen-bond acceptors (Lipinski definition) is 6. The average Bonchev–Trinajstić information content (AvgIpc) is 3.46. The summed E-state index contributed by atoms with van der Waals surface area (Å²) >= 11 is 18.5. The Kier molecular flexibility index (Phi) is 6.65. The molecule has 0 saturated heterocycles. The van der Waals surface area contributed by atoms with Gasteiger partial charge in [-0.1, -0.05) is 65.1 Å². The summed E-state index contributed by atoms with van der Waals surface area (Å²) in [6, 6.07) is 17.6. The number of pyridine rings is 1. The highest BCUT2D eigenvalue weighted by atomic mass is 35.5. The molecule has 2 radical (unpaired) electrons. The van der Waals surface area contributed by atoms with Gasteiger partial charge in [-0.05, 0) is 29.8 Å². The molecule has 1 unspecified atom stereocenters. The maximum atomic E-state index is 14.9. The summed E-state index contributed by atoms with van der Waals surface area (Å²) in [6.45, 7) is 0. The molecule has 37 heavy (non-hydrogen) atoms. The fraction of sp³-hybridized carbons (Fsp3) is 0.0400. The number of H-pyrrole nitrogens is 1. The van der Waals surface area contributed by atoms with Gasteiger partial charge < -0.3 is 10.6 Å². The molecule has 180 valence electrons. The second-order valence-corrected chi connectivity index (χ2v) is 9.21. The van der Waals surface area contributed by atoms with Crippen LogP contribution in [0.4, 0.5) is 21.5 Å². The Hall–Kier alpha value is -3.84. The van der Waals surface area contributed by atoms with Crippen molar-refractivity contribution in [2.45, 2.75) is 5.44 Å². The minimum atomic E-state index is -1.30. The summed E-state index contributed by atoms with van der Waals surface area (Å²) in [6.07, 6.45) is 2.86. The topological polar surface area (TPSA) is 102 Å². The number of aromatic nitrogens is 4. The summed E-state index contributed by atoms with van der Waals surface area (Å²) in [7, 11) is 6.84. The van der Waals surface area contributed by atoms with Crippen molar-refractivity contribution in [3.8, 4) is 6.07 Å². The molecule has 2 aromatic heterocycles. The van der Waals surface area contributed by atoms with Crippen LogP contribution in [0.2, 0.25) is 15.1 Å². The Balaban J connectivity index is 1.67. The normalized spacial score (nSPS) is 12.6. The van der Waals surface area contributed by atoms with E-state index >= 15 is 0 Å². The lowest BCUT2D eigenvalue weighted by Gasteiger charge is -2.31. The summed E-state index contributed by atoms with van der Waals surface area (Å²) < 4.78 is 14.9. The van der Waals surface area contributed by atoms with Crippen molar-refractivity contribution in [1.29, 1.82) is 5.26 Å². The molecule has 5 rings (SSSR count). The Labute approximate surface area is 227 Å². The van der Waals surface area contributed by atoms with E-state index in [0.29, 0.717) is 27.8 Å². The number of nitrogens with zero attached hydrogens (tertiary/aromatic N) is 4. The number of benzene rings is 3. The number of aromatic amines is 1. The van der Waals surface area contributed by atoms with Crippen LogP contribution in [0.25, 0.3) is 10.9 Å². The number of halogens is 4. The van der Waals surface area contributed by atoms with Crippen LogP contribution in [0.1, 0.15) is 16.8 Å². The molecule has 1 atom stereocenters. The molecule has 0 amide bonds. The van der Waals surface area contributed by atoms with Crippen molar-refractivity contribution in [3.63, 3.8) is 0 Å². The van der Waals surface area contributed by atoms with E-state index in [1.807, 2.05) is 30.3 Å². The quantitative estimate of drug-likeness (QED) is 0.164. The first-order valence-electron chi connectivity index (χ1n) is 10.7. The molecular formula is C25H14BCl3FN7. The SMILES string of the molecule is [B]C(Nc1cc(Cl)c2ncc(C#N)c(Nc3ccc(Cl)c(Cl)c3F)c2c1)(c1ccccc1)c1cn[nH]n1. The number of nitriles is 1. The standard InChI is InChI=1S/C25H14BCl3FN7/c26-25(20-12-33-37-36-20,14-4-2-1-3-5-14)35-15-8-16-23(13(10-31)11-32-24(16)18(28)9-15)34-19-7-6-17(27)21(29)22(19)30/h1-9,11-12,35H,(H,32,34)(H,33,36,37). The molecule has 0 spiro atoms. The molecule has 0 saturated carbocycles. The maximum absolute atomic E-state index is 14.9. The Morgan fingerprint density at radius 2 is 1.81 bits per heavy atom. The number of nitrogens with one attached hydrogen (secondary N) is 3. The van der Waals surface area contributed by atoms with Gasteiger partial charge in [-0.15, -0.1) is 0 Å². The van der Waals surface area contributed by atoms with Gasteiger partial charge in [0.15, 0.2) is 5.82 Å². The molecule has 0 aliphatic heterocycles. The molecule has 0 aliphatic carbocycles. The fourth-order valence-corrected chi connectivity index (χ4v) is 4.49. The molecule has 2 heterocycles. The third-order valence-corrected chi connectivity index (χ3v) is 6.80. The zero-order chi connectivity index (χ0) is 26.2. The van der Waals surface area contributed by atoms with E-state index in [1.54, 1.807) is 12.1 Å². The van der Waals surface area contributed by atoms with Gasteiger partial charge in [0.25, 0.3) is 0 Å². The second-order valence-electron chi connectivity index (χ2n) is 8.02. The van der Waals surface area contributed by atoms with Gasteiger partial charge in [0, 0.05) is 17.3 Å². The van der Waals surface area contributed by atoms with Gasteiger partial charge in [0.05, 0.1) is 49.2 Å². The van der Waals surface area contributed by atoms with E-state index in [1.165, 1.54) is 24.5 Å². The van der Waals surface area contributed by atoms with Crippen LogP contribution in [-0.2, 0) is 5.44 Å². The van der Waals surface area contributed by atoms with Gasteiger partial charge in [-0.2, -0.15) is 20.7 Å². The van der Waals surface area contributed by atoms with Crippen molar-refractivity contribution < 1.29 is 4.39 Å². The van der Waals surface area contributed by atoms with E-state index in [0.717, 1.165) is 0 Å². The lowest BCUT2D eigenvalue weighted by Crippen LogP contribution is -2.37. The number of rotatable bonds is 6. The zero-order valence-corrected chi connectivity index (χ0v) is 21.0. The lowest BCUT2D eigenvalue weighted by atomic mass is 9.69. The van der Waals surface area contributed by atoms with E-state index < -0.39 is 11.3 Å². The maximum Gasteiger partial charge on any atom is 0.166 e. The van der Waals surface area contributed by atoms with Crippen LogP contribution in [0, 0.1) is 17.1 Å². The summed E-state index contributed by atoms with van der Waals surface area (Å²) in [5.74, 6) is -0.764. The van der Waals surface area contributed by atoms with Gasteiger partial charge >= 0.3 is 0 Å². The van der Waals surface area contributed by atoms with Crippen LogP contribution in [0.15, 0.2) is 67.0 Å². The smallest absolute Gasteiger partial charge is 0.166 e. The first kappa shape index (κ1) is 24.8. The van der Waals surface area contributed by atoms with Crippen LogP contribution in [-0.4, -0.2) is 28.2 Å². The molecule has 7 nitrogen and oxygen atoms in total. The Morgan fingerprint density at radius 1 is 1.03 bits per heavy atom. The highest BCUT2D eigenvalue weighted by molar-refractivity contribution is 6.42. The van der Waals surface area contributed by atoms with Gasteiger partial charge in [-0.3, -0.25) is 4.98 Å². The van der Waals surface area contributed by atoms with Crippen LogP contribution in [0.5, 0.6) is 0 Å². The van der Waals surface area contributed by atoms with Crippen molar-refractivity contribution in [2.24, 2.45) is 0 Å². The third kappa shape index (κ3) is 4.55. The van der Waals surface area contributed by atoms with Crippen LogP contribution >= 0.6 is 34.8 Å². The summed E-state index contributed by atoms with van der Waals surface area (Å²) in [4.78, 5) is 4.33. The largest absolute Gasteiger partial charge is 0.378 e. The molecular weight excluding hydrogens is 534 g/mol. The predicted molar refractivity (Wildman–Crippen MR) is 144 cm³/mol. The summed E-state index contributed by atoms with van der Waals surface area (Å²) in [5, 5.41) is 27.2. The number of anilines is 3. The van der Waals surface area contributed by atoms with E-state index in [-0.39, 0.29) is 32.0 Å². The first-order valence-corrected chi connectivity index (χ1v) is 11.9. The molecule has 3 N–H and O–H groups in total. The zero-order valence-electron chi connectivity index (χ0n) is 18.7. The van der Waals surface area contributed by atoms with Gasteiger partial charge in [0.2, 0.25) is 0 Å². The molecule has 5 aromatic rings. The highest BCUT2D eigenvalue weighted by Crippen LogP contribution is 2.39. The molecule has 3 aromatic carbocycles. The van der Waals surface area contributed by atoms with E-state index in [4.69, 9.17) is 42.6 Å². The van der Waals surface area contributed by atoms with Crippen LogP contribution in [0.3, 0.4) is 0 Å². The molecule has 0 fully saturated rings. The minimum Gasteiger partial charge on any atom is -0.378 e. The molecule has 0 bridgehead atoms. The highest BCUT2D eigenvalue weighted by Gasteiger charge is 2.31. The summed E-state index contributed by atoms with van der Waals surface area (Å²) in [5.41, 5.74) is 1.17. The average molecular weight is 549 g/mol. The Morgan fingerprint density at radius 3 is 2.51 bits per heavy atom. The molecule has 0 aliphatic rings. The minimum absolute atomic E-state index is 0.0212. The van der Waals surface area contributed by atoms with Crippen molar-refractivity contribution in [1.82, 2.24) is 20.4 Å². The second kappa shape index (κ2) is 9.90. The van der Waals surface area contributed by atoms with Gasteiger partial charge in [0.1, 0.15) is 19.6 Å². The third-order valence-electron chi connectivity index (χ3n) is 5.73. The van der Waals surface area contributed by atoms with E-state index in [2.05, 4.69) is 37.1 Å². The molecule has 12 heteroatoms. The van der Waals surface area contributed by atoms with Crippen molar-refractivity contribution in [3.05, 3.63) is 105 Å².